The van der Waals surface area contributed by atoms with Crippen molar-refractivity contribution in [2.24, 2.45) is 5.92 Å². The molecule has 2 aromatic rings. The first-order valence-electron chi connectivity index (χ1n) is 10.6. The van der Waals surface area contributed by atoms with Crippen LogP contribution in [0.2, 0.25) is 0 Å². The van der Waals surface area contributed by atoms with E-state index in [9.17, 15) is 9.59 Å². The fraction of sp³-hybridized carbons (Fsp3) is 0.455. The van der Waals surface area contributed by atoms with Gasteiger partial charge in [0.25, 0.3) is 5.91 Å². The molecule has 0 aromatic carbocycles. The molecule has 4 heterocycles. The maximum absolute atomic E-state index is 13.2. The van der Waals surface area contributed by atoms with Crippen molar-refractivity contribution >= 4 is 23.4 Å². The van der Waals surface area contributed by atoms with Crippen LogP contribution in [0.3, 0.4) is 0 Å². The van der Waals surface area contributed by atoms with Crippen LogP contribution >= 0.6 is 0 Å². The first-order valence-corrected chi connectivity index (χ1v) is 10.6. The van der Waals surface area contributed by atoms with Crippen LogP contribution in [-0.2, 0) is 0 Å². The van der Waals surface area contributed by atoms with Crippen LogP contribution in [-0.4, -0.2) is 58.7 Å². The monoisotopic (exact) mass is 422 g/mol. The van der Waals surface area contributed by atoms with Gasteiger partial charge in [0.1, 0.15) is 12.1 Å². The number of aromatic nitrogens is 2. The number of nitrogens with one attached hydrogen (secondary N) is 2. The second-order valence-corrected chi connectivity index (χ2v) is 8.60. The Morgan fingerprint density at radius 1 is 1.32 bits per heavy atom. The van der Waals surface area contributed by atoms with E-state index in [4.69, 9.17) is 10.1 Å². The minimum Gasteiger partial charge on any atom is -0.488 e. The Morgan fingerprint density at radius 3 is 2.94 bits per heavy atom. The fourth-order valence-corrected chi connectivity index (χ4v) is 4.85. The Bertz CT molecular complexity index is 1130. The summed E-state index contributed by atoms with van der Waals surface area (Å²) in [5.74, 6) is 1.80. The number of likely N-dealkylation sites (tertiary alicyclic amines) is 1. The summed E-state index contributed by atoms with van der Waals surface area (Å²) in [7, 11) is 1.53. The zero-order chi connectivity index (χ0) is 21.8. The summed E-state index contributed by atoms with van der Waals surface area (Å²) >= 11 is 0. The number of hydrogen-bond acceptors (Lipinski definition) is 6. The summed E-state index contributed by atoms with van der Waals surface area (Å²) in [4.78, 5) is 33.6. The van der Waals surface area contributed by atoms with Crippen molar-refractivity contribution < 1.29 is 14.3 Å². The minimum absolute atomic E-state index is 0.00709. The molecule has 3 aliphatic rings. The van der Waals surface area contributed by atoms with Crippen LogP contribution in [0.5, 0.6) is 5.75 Å². The van der Waals surface area contributed by atoms with Gasteiger partial charge in [-0.15, -0.1) is 0 Å². The highest BCUT2D eigenvalue weighted by Gasteiger charge is 2.57. The molecule has 0 radical (unpaired) electrons. The molecule has 5 rings (SSSR count). The molecule has 1 saturated heterocycles. The average Bonchev–Trinajstić information content (AvgIpc) is 3.48. The Hall–Kier alpha value is -3.36. The molecule has 2 amide bonds. The van der Waals surface area contributed by atoms with E-state index in [0.717, 1.165) is 25.1 Å². The Morgan fingerprint density at radius 2 is 2.16 bits per heavy atom. The molecule has 0 bridgehead atoms. The SMILES string of the molecule is CNC(=O)n1ccc(N2CCOc3cc(C(=O)N4CCCC5CC54C)cnc32)cc1=N. The van der Waals surface area contributed by atoms with Gasteiger partial charge < -0.3 is 19.9 Å². The number of anilines is 2. The second kappa shape index (κ2) is 7.11. The van der Waals surface area contributed by atoms with E-state index in [1.165, 1.54) is 18.0 Å². The van der Waals surface area contributed by atoms with E-state index in [-0.39, 0.29) is 23.0 Å². The topological polar surface area (TPSA) is 104 Å². The van der Waals surface area contributed by atoms with E-state index < -0.39 is 0 Å². The Kier molecular flexibility index (Phi) is 4.49. The number of pyridine rings is 2. The normalized spacial score (nSPS) is 24.0. The third kappa shape index (κ3) is 3.15. The lowest BCUT2D eigenvalue weighted by Crippen LogP contribution is -2.44. The van der Waals surface area contributed by atoms with Gasteiger partial charge in [-0.2, -0.15) is 0 Å². The summed E-state index contributed by atoms with van der Waals surface area (Å²) in [6, 6.07) is 4.80. The molecular weight excluding hydrogens is 396 g/mol. The highest BCUT2D eigenvalue weighted by molar-refractivity contribution is 5.96. The zero-order valence-corrected chi connectivity index (χ0v) is 17.7. The molecule has 1 aliphatic carbocycles. The lowest BCUT2D eigenvalue weighted by atomic mass is 10.0. The smallest absolute Gasteiger partial charge is 0.326 e. The molecule has 2 atom stereocenters. The van der Waals surface area contributed by atoms with E-state index in [2.05, 4.69) is 17.2 Å². The number of nitrogens with zero attached hydrogens (tertiary/aromatic N) is 4. The number of amides is 2. The fourth-order valence-electron chi connectivity index (χ4n) is 4.85. The first kappa shape index (κ1) is 19.6. The molecule has 1 saturated carbocycles. The number of carbonyl (C=O) groups is 2. The van der Waals surface area contributed by atoms with E-state index >= 15 is 0 Å². The summed E-state index contributed by atoms with van der Waals surface area (Å²) in [5.41, 5.74) is 1.34. The first-order chi connectivity index (χ1) is 14.9. The number of ether oxygens (including phenoxy) is 1. The van der Waals surface area contributed by atoms with Crippen LogP contribution in [0.15, 0.2) is 30.6 Å². The lowest BCUT2D eigenvalue weighted by molar-refractivity contribution is 0.0600. The van der Waals surface area contributed by atoms with Crippen molar-refractivity contribution in [3.8, 4) is 5.75 Å². The molecule has 2 fully saturated rings. The van der Waals surface area contributed by atoms with Crippen molar-refractivity contribution in [3.05, 3.63) is 41.6 Å². The van der Waals surface area contributed by atoms with E-state index in [1.807, 2.05) is 9.80 Å². The van der Waals surface area contributed by atoms with Gasteiger partial charge in [-0.3, -0.25) is 14.8 Å². The summed E-state index contributed by atoms with van der Waals surface area (Å²) in [5, 5.41) is 10.7. The second-order valence-electron chi connectivity index (χ2n) is 8.60. The molecule has 162 valence electrons. The van der Waals surface area contributed by atoms with Crippen molar-refractivity contribution in [2.45, 2.75) is 31.7 Å². The molecule has 31 heavy (non-hydrogen) atoms. The van der Waals surface area contributed by atoms with E-state index in [1.54, 1.807) is 30.6 Å². The summed E-state index contributed by atoms with van der Waals surface area (Å²) < 4.78 is 7.06. The highest BCUT2D eigenvalue weighted by Crippen LogP contribution is 2.54. The minimum atomic E-state index is -0.371. The molecule has 2 unspecified atom stereocenters. The molecule has 0 spiro atoms. The Balaban J connectivity index is 1.43. The number of piperidine rings is 1. The predicted octanol–water partition coefficient (Wildman–Crippen LogP) is 2.10. The third-order valence-corrected chi connectivity index (χ3v) is 6.77. The van der Waals surface area contributed by atoms with Crippen molar-refractivity contribution in [2.75, 3.05) is 31.6 Å². The number of rotatable bonds is 2. The van der Waals surface area contributed by atoms with Gasteiger partial charge in [0.05, 0.1) is 12.1 Å². The van der Waals surface area contributed by atoms with Crippen LogP contribution in [0, 0.1) is 11.3 Å². The molecule has 2 N–H and O–H groups in total. The van der Waals surface area contributed by atoms with Crippen LogP contribution in [0.25, 0.3) is 0 Å². The largest absolute Gasteiger partial charge is 0.488 e. The van der Waals surface area contributed by atoms with Gasteiger partial charge in [0.15, 0.2) is 11.6 Å². The van der Waals surface area contributed by atoms with Crippen LogP contribution in [0.1, 0.15) is 36.5 Å². The third-order valence-electron chi connectivity index (χ3n) is 6.77. The lowest BCUT2D eigenvalue weighted by Gasteiger charge is -2.35. The van der Waals surface area contributed by atoms with Crippen LogP contribution < -0.4 is 20.4 Å². The zero-order valence-electron chi connectivity index (χ0n) is 17.7. The highest BCUT2D eigenvalue weighted by atomic mass is 16.5. The van der Waals surface area contributed by atoms with Crippen molar-refractivity contribution in [3.63, 3.8) is 0 Å². The summed E-state index contributed by atoms with van der Waals surface area (Å²) in [6.07, 6.45) is 6.52. The van der Waals surface area contributed by atoms with Gasteiger partial charge in [0, 0.05) is 43.3 Å². The molecule has 9 nitrogen and oxygen atoms in total. The van der Waals surface area contributed by atoms with Crippen molar-refractivity contribution in [1.82, 2.24) is 19.8 Å². The number of hydrogen-bond donors (Lipinski definition) is 2. The number of carbonyl (C=O) groups excluding carboxylic acids is 2. The Labute approximate surface area is 180 Å². The van der Waals surface area contributed by atoms with Gasteiger partial charge in [-0.1, -0.05) is 0 Å². The van der Waals surface area contributed by atoms with Crippen LogP contribution in [0.4, 0.5) is 16.3 Å². The predicted molar refractivity (Wildman–Crippen MR) is 114 cm³/mol. The molecule has 9 heteroatoms. The molecule has 2 aromatic heterocycles. The standard InChI is InChI=1S/C22H26N6O3/c1-22-12-15(22)4-3-6-28(22)20(29)14-10-17-19(25-13-14)26(8-9-31-17)16-5-7-27(18(23)11-16)21(30)24-2/h5,7,10-11,13,15,23H,3-4,6,8-9,12H2,1-2H3,(H,24,30). The summed E-state index contributed by atoms with van der Waals surface area (Å²) in [6.45, 7) is 3.96. The number of fused-ring (bicyclic) bond motifs is 2. The van der Waals surface area contributed by atoms with Gasteiger partial charge >= 0.3 is 6.03 Å². The van der Waals surface area contributed by atoms with Crippen molar-refractivity contribution in [1.29, 1.82) is 5.41 Å². The van der Waals surface area contributed by atoms with E-state index in [0.29, 0.717) is 36.2 Å². The maximum atomic E-state index is 13.2. The van der Waals surface area contributed by atoms with Gasteiger partial charge in [-0.25, -0.2) is 9.78 Å². The molecular formula is C22H26N6O3. The van der Waals surface area contributed by atoms with Gasteiger partial charge in [0.2, 0.25) is 0 Å². The van der Waals surface area contributed by atoms with Gasteiger partial charge in [-0.05, 0) is 44.2 Å². The maximum Gasteiger partial charge on any atom is 0.326 e. The molecule has 2 aliphatic heterocycles. The average molecular weight is 422 g/mol. The quantitative estimate of drug-likeness (QED) is 0.771.